The van der Waals surface area contributed by atoms with Crippen molar-refractivity contribution in [2.75, 3.05) is 38.1 Å². The topological polar surface area (TPSA) is 94.2 Å². The highest BCUT2D eigenvalue weighted by atomic mass is 19.1. The molecule has 2 aromatic heterocycles. The lowest BCUT2D eigenvalue weighted by atomic mass is 10.1. The maximum Gasteiger partial charge on any atom is 0.269 e. The zero-order valence-electron chi connectivity index (χ0n) is 18.0. The Morgan fingerprint density at radius 3 is 2.68 bits per heavy atom. The summed E-state index contributed by atoms with van der Waals surface area (Å²) >= 11 is 0. The van der Waals surface area contributed by atoms with E-state index in [0.717, 1.165) is 43.7 Å². The maximum absolute atomic E-state index is 14.5. The number of halogens is 1. The van der Waals surface area contributed by atoms with Gasteiger partial charge in [0.15, 0.2) is 0 Å². The average Bonchev–Trinajstić information content (AvgIpc) is 3.29. The fraction of sp³-hybridized carbons (Fsp3) is 0.545. The van der Waals surface area contributed by atoms with Crippen molar-refractivity contribution >= 4 is 11.6 Å². The molecule has 2 fully saturated rings. The monoisotopic (exact) mass is 428 g/mol. The molecule has 166 valence electrons. The van der Waals surface area contributed by atoms with Crippen LogP contribution in [0.2, 0.25) is 0 Å². The number of H-pyrrole nitrogens is 1. The predicted molar refractivity (Wildman–Crippen MR) is 116 cm³/mol. The van der Waals surface area contributed by atoms with Gasteiger partial charge in [-0.05, 0) is 37.8 Å². The number of aryl methyl sites for hydroxylation is 1. The van der Waals surface area contributed by atoms with Crippen LogP contribution in [0.5, 0.6) is 0 Å². The van der Waals surface area contributed by atoms with Crippen LogP contribution in [0, 0.1) is 5.95 Å². The van der Waals surface area contributed by atoms with E-state index in [-0.39, 0.29) is 17.2 Å². The molecule has 1 saturated carbocycles. The summed E-state index contributed by atoms with van der Waals surface area (Å²) in [6.07, 6.45) is 5.45. The van der Waals surface area contributed by atoms with Crippen molar-refractivity contribution in [2.45, 2.75) is 44.6 Å². The molecule has 0 radical (unpaired) electrons. The number of aromatic amines is 1. The van der Waals surface area contributed by atoms with E-state index >= 15 is 0 Å². The number of aromatic nitrogens is 3. The van der Waals surface area contributed by atoms with Gasteiger partial charge in [-0.25, -0.2) is 9.97 Å². The van der Waals surface area contributed by atoms with Gasteiger partial charge in [0.2, 0.25) is 5.95 Å². The molecule has 1 saturated heterocycles. The Bertz CT molecular complexity index is 1000. The van der Waals surface area contributed by atoms with Gasteiger partial charge in [-0.3, -0.25) is 14.5 Å². The van der Waals surface area contributed by atoms with E-state index in [1.54, 1.807) is 18.3 Å². The van der Waals surface area contributed by atoms with Gasteiger partial charge in [0.05, 0.1) is 5.69 Å². The van der Waals surface area contributed by atoms with E-state index in [4.69, 9.17) is 0 Å². The number of hydrogen-bond acceptors (Lipinski definition) is 6. The summed E-state index contributed by atoms with van der Waals surface area (Å²) in [5, 5.41) is 2.46. The minimum atomic E-state index is -0.610. The largest absolute Gasteiger partial charge is 0.365 e. The number of hydrogen-bond donors (Lipinski definition) is 2. The first-order chi connectivity index (χ1) is 15.0. The van der Waals surface area contributed by atoms with Crippen molar-refractivity contribution in [1.82, 2.24) is 25.2 Å². The third-order valence-electron chi connectivity index (χ3n) is 6.53. The summed E-state index contributed by atoms with van der Waals surface area (Å²) in [5.41, 5.74) is 1.22. The number of carbonyl (C=O) groups is 1. The van der Waals surface area contributed by atoms with Gasteiger partial charge < -0.3 is 15.2 Å². The zero-order valence-corrected chi connectivity index (χ0v) is 18.0. The maximum atomic E-state index is 14.5. The van der Waals surface area contributed by atoms with Crippen molar-refractivity contribution < 1.29 is 9.18 Å². The van der Waals surface area contributed by atoms with Crippen LogP contribution in [-0.4, -0.2) is 65.0 Å². The summed E-state index contributed by atoms with van der Waals surface area (Å²) in [4.78, 5) is 39.5. The molecule has 31 heavy (non-hydrogen) atoms. The lowest BCUT2D eigenvalue weighted by Gasteiger charge is -2.39. The first-order valence-electron chi connectivity index (χ1n) is 11.0. The van der Waals surface area contributed by atoms with Gasteiger partial charge in [0.25, 0.3) is 11.5 Å². The Morgan fingerprint density at radius 2 is 2.03 bits per heavy atom. The van der Waals surface area contributed by atoms with Gasteiger partial charge >= 0.3 is 0 Å². The van der Waals surface area contributed by atoms with E-state index in [9.17, 15) is 14.0 Å². The van der Waals surface area contributed by atoms with Crippen molar-refractivity contribution in [3.8, 4) is 0 Å². The van der Waals surface area contributed by atoms with Crippen LogP contribution in [-0.2, 0) is 6.42 Å². The predicted octanol–water partition coefficient (Wildman–Crippen LogP) is 1.68. The second-order valence-corrected chi connectivity index (χ2v) is 8.25. The van der Waals surface area contributed by atoms with Crippen molar-refractivity contribution in [1.29, 1.82) is 0 Å². The number of carbonyl (C=O) groups excluding carboxylic acids is 1. The molecule has 3 heterocycles. The molecule has 1 aliphatic carbocycles. The van der Waals surface area contributed by atoms with E-state index in [1.165, 1.54) is 7.05 Å². The average molecular weight is 429 g/mol. The second-order valence-electron chi connectivity index (χ2n) is 8.25. The van der Waals surface area contributed by atoms with E-state index in [1.807, 2.05) is 11.8 Å². The number of anilines is 1. The molecule has 2 aliphatic rings. The molecule has 4 rings (SSSR count). The van der Waals surface area contributed by atoms with E-state index in [0.29, 0.717) is 31.2 Å². The van der Waals surface area contributed by atoms with Crippen LogP contribution in [0.25, 0.3) is 0 Å². The quantitative estimate of drug-likeness (QED) is 0.704. The Balaban J connectivity index is 1.35. The number of piperazine rings is 1. The van der Waals surface area contributed by atoms with Crippen molar-refractivity contribution in [3.05, 3.63) is 51.7 Å². The molecule has 2 aromatic rings. The zero-order chi connectivity index (χ0) is 22.0. The molecule has 0 spiro atoms. The van der Waals surface area contributed by atoms with Crippen molar-refractivity contribution in [3.63, 3.8) is 0 Å². The third-order valence-corrected chi connectivity index (χ3v) is 6.53. The molecule has 0 aromatic carbocycles. The lowest BCUT2D eigenvalue weighted by molar-refractivity contribution is 0.0957. The van der Waals surface area contributed by atoms with Crippen LogP contribution in [0.15, 0.2) is 23.1 Å². The standard InChI is InChI=1S/C22H29FN6O2/c1-3-14-13-25-20(27-21(14)30)15-4-5-16(12-15)28-8-10-29(11-9-28)18-7-6-17(22(31)24-2)26-19(18)23/h6-7,13,15-16H,3-5,8-12H2,1-2H3,(H,24,31)(H,25,27,30)/t15-,16+/m1/s1. The van der Waals surface area contributed by atoms with Crippen LogP contribution in [0.4, 0.5) is 10.1 Å². The minimum Gasteiger partial charge on any atom is -0.365 e. The summed E-state index contributed by atoms with van der Waals surface area (Å²) < 4.78 is 14.5. The number of amides is 1. The molecular formula is C22H29FN6O2. The van der Waals surface area contributed by atoms with E-state index < -0.39 is 11.9 Å². The summed E-state index contributed by atoms with van der Waals surface area (Å²) in [5.74, 6) is 0.0699. The lowest BCUT2D eigenvalue weighted by Crippen LogP contribution is -2.50. The molecule has 1 aliphatic heterocycles. The first kappa shape index (κ1) is 21.4. The van der Waals surface area contributed by atoms with Gasteiger partial charge in [0.1, 0.15) is 11.5 Å². The Kier molecular flexibility index (Phi) is 6.31. The molecular weight excluding hydrogens is 399 g/mol. The Hall–Kier alpha value is -2.81. The molecule has 8 nitrogen and oxygen atoms in total. The smallest absolute Gasteiger partial charge is 0.269 e. The highest BCUT2D eigenvalue weighted by Gasteiger charge is 2.33. The van der Waals surface area contributed by atoms with Gasteiger partial charge in [-0.15, -0.1) is 0 Å². The fourth-order valence-electron chi connectivity index (χ4n) is 4.68. The van der Waals surface area contributed by atoms with E-state index in [2.05, 4.69) is 25.2 Å². The number of nitrogens with one attached hydrogen (secondary N) is 2. The highest BCUT2D eigenvalue weighted by molar-refractivity contribution is 5.92. The first-order valence-corrected chi connectivity index (χ1v) is 11.0. The Labute approximate surface area is 180 Å². The normalized spacial score (nSPS) is 22.0. The highest BCUT2D eigenvalue weighted by Crippen LogP contribution is 2.35. The van der Waals surface area contributed by atoms with Gasteiger partial charge in [-0.1, -0.05) is 6.92 Å². The fourth-order valence-corrected chi connectivity index (χ4v) is 4.68. The number of rotatable bonds is 5. The number of nitrogens with zero attached hydrogens (tertiary/aromatic N) is 4. The number of pyridine rings is 1. The molecule has 0 unspecified atom stereocenters. The third kappa shape index (κ3) is 4.46. The molecule has 9 heteroatoms. The molecule has 2 atom stereocenters. The van der Waals surface area contributed by atoms with Crippen LogP contribution >= 0.6 is 0 Å². The SMILES string of the molecule is CCc1cnc([C@@H]2CC[C@H](N3CCN(c4ccc(C(=O)NC)nc4F)CC3)C2)[nH]c1=O. The van der Waals surface area contributed by atoms with Crippen molar-refractivity contribution in [2.24, 2.45) is 0 Å². The van der Waals surface area contributed by atoms with Gasteiger partial charge in [0, 0.05) is 56.9 Å². The second kappa shape index (κ2) is 9.13. The van der Waals surface area contributed by atoms with Crippen LogP contribution < -0.4 is 15.8 Å². The Morgan fingerprint density at radius 1 is 1.26 bits per heavy atom. The van der Waals surface area contributed by atoms with Crippen LogP contribution in [0.1, 0.15) is 54.0 Å². The minimum absolute atomic E-state index is 0.0253. The molecule has 2 N–H and O–H groups in total. The summed E-state index contributed by atoms with van der Waals surface area (Å²) in [6, 6.07) is 3.64. The van der Waals surface area contributed by atoms with Crippen LogP contribution in [0.3, 0.4) is 0 Å². The summed E-state index contributed by atoms with van der Waals surface area (Å²) in [6.45, 7) is 5.05. The molecule has 0 bridgehead atoms. The molecule has 1 amide bonds. The van der Waals surface area contributed by atoms with Gasteiger partial charge in [-0.2, -0.15) is 4.39 Å². The summed E-state index contributed by atoms with van der Waals surface area (Å²) in [7, 11) is 1.50.